The van der Waals surface area contributed by atoms with E-state index in [1.54, 1.807) is 40.9 Å². The Labute approximate surface area is 260 Å². The van der Waals surface area contributed by atoms with Crippen LogP contribution in [0, 0.1) is 11.8 Å². The number of imidazole rings is 1. The highest BCUT2D eigenvalue weighted by molar-refractivity contribution is 5.85. The lowest BCUT2D eigenvalue weighted by Gasteiger charge is -2.27. The molecule has 9 N–H and O–H groups in total. The number of esters is 2. The standard InChI is InChI=1S/C28H44N10O7/c1-6-32-24(39)20-19(44-26(40)16(29)13(2)3)21(45-27(41)17(30)14(4)5)25(43-20)38-12-33-18-22(31)35-28(36-23(18)38)37-34-11-15-9-7-8-10-42-15/h8,10,12-17,19-21,25,34H,6-7,9,11,29-30H2,1-5H3,(H,32,39)(H3,31,35,36,37)/t15-,16+,17+,19-,20+,21-,25-/m1/s1. The van der Waals surface area contributed by atoms with Crippen LogP contribution in [-0.4, -0.2) is 87.0 Å². The Morgan fingerprint density at radius 3 is 2.33 bits per heavy atom. The number of hydrogen-bond donors (Lipinski definition) is 6. The zero-order valence-corrected chi connectivity index (χ0v) is 26.1. The molecule has 17 heteroatoms. The third kappa shape index (κ3) is 7.78. The molecule has 0 saturated carbocycles. The molecule has 0 spiro atoms. The summed E-state index contributed by atoms with van der Waals surface area (Å²) in [5, 5.41) is 2.67. The fourth-order valence-corrected chi connectivity index (χ4v) is 4.73. The van der Waals surface area contributed by atoms with Crippen molar-refractivity contribution in [2.24, 2.45) is 23.3 Å². The second-order valence-electron chi connectivity index (χ2n) is 11.7. The van der Waals surface area contributed by atoms with Crippen molar-refractivity contribution in [3.05, 3.63) is 18.7 Å². The minimum Gasteiger partial charge on any atom is -0.497 e. The maximum Gasteiger partial charge on any atom is 0.323 e. The maximum atomic E-state index is 13.2. The zero-order valence-electron chi connectivity index (χ0n) is 26.1. The summed E-state index contributed by atoms with van der Waals surface area (Å²) in [6.07, 6.45) is 1.35. The predicted octanol–water partition coefficient (Wildman–Crippen LogP) is -0.159. The first-order valence-corrected chi connectivity index (χ1v) is 15.1. The van der Waals surface area contributed by atoms with E-state index in [1.807, 2.05) is 6.08 Å². The van der Waals surface area contributed by atoms with Gasteiger partial charge in [-0.15, -0.1) is 0 Å². The van der Waals surface area contributed by atoms with Gasteiger partial charge in [-0.05, 0) is 37.7 Å². The number of nitrogens with one attached hydrogen (secondary N) is 3. The van der Waals surface area contributed by atoms with Gasteiger partial charge in [-0.3, -0.25) is 24.4 Å². The number of nitrogens with two attached hydrogens (primary N) is 3. The molecule has 0 unspecified atom stereocenters. The molecule has 45 heavy (non-hydrogen) atoms. The predicted molar refractivity (Wildman–Crippen MR) is 163 cm³/mol. The van der Waals surface area contributed by atoms with Crippen LogP contribution in [-0.2, 0) is 33.3 Å². The largest absolute Gasteiger partial charge is 0.497 e. The number of ether oxygens (including phenoxy) is 4. The van der Waals surface area contributed by atoms with Gasteiger partial charge in [-0.2, -0.15) is 9.97 Å². The summed E-state index contributed by atoms with van der Waals surface area (Å²) in [6.45, 7) is 9.47. The van der Waals surface area contributed by atoms with Crippen LogP contribution in [0.4, 0.5) is 11.8 Å². The van der Waals surface area contributed by atoms with Crippen LogP contribution >= 0.6 is 0 Å². The number of hydrazine groups is 1. The first-order chi connectivity index (χ1) is 21.4. The van der Waals surface area contributed by atoms with E-state index in [0.29, 0.717) is 6.54 Å². The van der Waals surface area contributed by atoms with Gasteiger partial charge in [0.05, 0.1) is 19.1 Å². The average Bonchev–Trinajstić information content (AvgIpc) is 3.58. The Kier molecular flexibility index (Phi) is 11.1. The Morgan fingerprint density at radius 1 is 1.07 bits per heavy atom. The summed E-state index contributed by atoms with van der Waals surface area (Å²) >= 11 is 0. The fraction of sp³-hybridized carbons (Fsp3) is 0.643. The molecule has 0 aliphatic carbocycles. The first-order valence-electron chi connectivity index (χ1n) is 15.1. The number of nitrogens with zero attached hydrogens (tertiary/aromatic N) is 4. The first kappa shape index (κ1) is 33.8. The molecular formula is C28H44N10O7. The normalized spacial score (nSPS) is 24.3. The molecule has 4 heterocycles. The van der Waals surface area contributed by atoms with Crippen LogP contribution in [0.1, 0.15) is 53.7 Å². The third-order valence-electron chi connectivity index (χ3n) is 7.56. The van der Waals surface area contributed by atoms with Crippen LogP contribution in [0.3, 0.4) is 0 Å². The van der Waals surface area contributed by atoms with Gasteiger partial charge in [0.1, 0.15) is 23.7 Å². The average molecular weight is 633 g/mol. The molecule has 1 amide bonds. The molecule has 2 aliphatic rings. The third-order valence-corrected chi connectivity index (χ3v) is 7.56. The number of amides is 1. The van der Waals surface area contributed by atoms with E-state index in [9.17, 15) is 14.4 Å². The van der Waals surface area contributed by atoms with E-state index < -0.39 is 54.5 Å². The van der Waals surface area contributed by atoms with Gasteiger partial charge in [0, 0.05) is 6.54 Å². The Bertz CT molecular complexity index is 1380. The Balaban J connectivity index is 1.70. The van der Waals surface area contributed by atoms with Gasteiger partial charge in [-0.25, -0.2) is 10.4 Å². The van der Waals surface area contributed by atoms with Crippen molar-refractivity contribution >= 4 is 40.8 Å². The monoisotopic (exact) mass is 632 g/mol. The molecule has 2 aromatic heterocycles. The highest BCUT2D eigenvalue weighted by atomic mass is 16.6. The van der Waals surface area contributed by atoms with Crippen molar-refractivity contribution < 1.29 is 33.3 Å². The molecule has 17 nitrogen and oxygen atoms in total. The lowest BCUT2D eigenvalue weighted by Crippen LogP contribution is -2.50. The lowest BCUT2D eigenvalue weighted by atomic mass is 10.0. The summed E-state index contributed by atoms with van der Waals surface area (Å²) < 4.78 is 24.8. The fourth-order valence-electron chi connectivity index (χ4n) is 4.73. The maximum absolute atomic E-state index is 13.2. The topological polar surface area (TPSA) is 246 Å². The summed E-state index contributed by atoms with van der Waals surface area (Å²) in [6, 6.07) is -2.02. The van der Waals surface area contributed by atoms with Crippen molar-refractivity contribution in [1.82, 2.24) is 30.3 Å². The van der Waals surface area contributed by atoms with Crippen LogP contribution in [0.2, 0.25) is 0 Å². The van der Waals surface area contributed by atoms with E-state index >= 15 is 0 Å². The summed E-state index contributed by atoms with van der Waals surface area (Å²) in [4.78, 5) is 52.6. The van der Waals surface area contributed by atoms with E-state index in [2.05, 4.69) is 31.1 Å². The minimum absolute atomic E-state index is 0.0386. The molecule has 248 valence electrons. The van der Waals surface area contributed by atoms with E-state index in [4.69, 9.17) is 36.1 Å². The van der Waals surface area contributed by atoms with Crippen molar-refractivity contribution in [1.29, 1.82) is 0 Å². The van der Waals surface area contributed by atoms with Crippen LogP contribution in [0.25, 0.3) is 11.2 Å². The quantitative estimate of drug-likeness (QED) is 0.124. The number of fused-ring (bicyclic) bond motifs is 1. The lowest BCUT2D eigenvalue weighted by molar-refractivity contribution is -0.171. The molecule has 1 saturated heterocycles. The molecule has 2 aromatic rings. The van der Waals surface area contributed by atoms with E-state index in [0.717, 1.165) is 12.8 Å². The summed E-state index contributed by atoms with van der Waals surface area (Å²) in [7, 11) is 0. The van der Waals surface area contributed by atoms with Crippen molar-refractivity contribution in [3.8, 4) is 0 Å². The smallest absolute Gasteiger partial charge is 0.323 e. The van der Waals surface area contributed by atoms with Gasteiger partial charge in [-0.1, -0.05) is 27.7 Å². The number of aromatic nitrogens is 4. The van der Waals surface area contributed by atoms with Crippen molar-refractivity contribution in [2.75, 3.05) is 24.2 Å². The van der Waals surface area contributed by atoms with Crippen LogP contribution in [0.5, 0.6) is 0 Å². The molecular weight excluding hydrogens is 588 g/mol. The Hall–Kier alpha value is -4.06. The van der Waals surface area contributed by atoms with E-state index in [-0.39, 0.29) is 47.4 Å². The number of carbonyl (C=O) groups excluding carboxylic acids is 3. The van der Waals surface area contributed by atoms with E-state index in [1.165, 1.54) is 10.9 Å². The van der Waals surface area contributed by atoms with Gasteiger partial charge >= 0.3 is 11.9 Å². The molecule has 7 atom stereocenters. The molecule has 4 rings (SSSR count). The number of nitrogen functional groups attached to an aromatic ring is 1. The van der Waals surface area contributed by atoms with Crippen molar-refractivity contribution in [2.45, 2.75) is 90.2 Å². The summed E-state index contributed by atoms with van der Waals surface area (Å²) in [5.41, 5.74) is 24.8. The molecule has 1 fully saturated rings. The van der Waals surface area contributed by atoms with Crippen LogP contribution in [0.15, 0.2) is 18.7 Å². The van der Waals surface area contributed by atoms with Gasteiger partial charge < -0.3 is 41.5 Å². The number of rotatable bonds is 13. The molecule has 2 aliphatic heterocycles. The minimum atomic E-state index is -1.39. The highest BCUT2D eigenvalue weighted by Gasteiger charge is 2.54. The highest BCUT2D eigenvalue weighted by Crippen LogP contribution is 2.37. The number of allylic oxidation sites excluding steroid dienone is 1. The second kappa shape index (κ2) is 14.8. The van der Waals surface area contributed by atoms with Crippen molar-refractivity contribution in [3.63, 3.8) is 0 Å². The van der Waals surface area contributed by atoms with Gasteiger partial charge in [0.15, 0.2) is 36.0 Å². The number of hydrogen-bond acceptors (Lipinski definition) is 15. The number of anilines is 2. The Morgan fingerprint density at radius 2 is 1.73 bits per heavy atom. The second-order valence-corrected chi connectivity index (χ2v) is 11.7. The van der Waals surface area contributed by atoms with Crippen LogP contribution < -0.4 is 33.4 Å². The summed E-state index contributed by atoms with van der Waals surface area (Å²) in [5.74, 6) is -2.53. The number of likely N-dealkylation sites (N-methyl/N-ethyl adjacent to an activating group) is 1. The molecule has 0 radical (unpaired) electrons. The van der Waals surface area contributed by atoms with Gasteiger partial charge in [0.25, 0.3) is 5.91 Å². The van der Waals surface area contributed by atoms with Gasteiger partial charge in [0.2, 0.25) is 5.95 Å². The zero-order chi connectivity index (χ0) is 32.8. The number of carbonyl (C=O) groups is 3. The molecule has 0 bridgehead atoms. The molecule has 0 aromatic carbocycles. The SMILES string of the molecule is CCNC(=O)[C@H]1O[C@@H](n2cnc3c(N)nc(NNC[C@H]4CCC=CO4)nc32)[C@H](OC(=O)[C@@H](N)C(C)C)[C@@H]1OC(=O)[C@@H](N)C(C)C.